The second kappa shape index (κ2) is 10.8. The molecule has 0 aliphatic carbocycles. The van der Waals surface area contributed by atoms with Crippen LogP contribution < -0.4 is 0 Å². The summed E-state index contributed by atoms with van der Waals surface area (Å²) in [5.41, 5.74) is 5.39. The third-order valence-electron chi connectivity index (χ3n) is 7.26. The molecule has 0 amide bonds. The van der Waals surface area contributed by atoms with Gasteiger partial charge in [0.2, 0.25) is 0 Å². The highest BCUT2D eigenvalue weighted by molar-refractivity contribution is 7.26. The van der Waals surface area contributed by atoms with Gasteiger partial charge in [-0.3, -0.25) is 0 Å². The lowest BCUT2D eigenvalue weighted by atomic mass is 10.0. The first-order valence-corrected chi connectivity index (χ1v) is 14.5. The molecule has 2 aromatic heterocycles. The maximum absolute atomic E-state index is 8.96. The van der Waals surface area contributed by atoms with E-state index in [1.54, 1.807) is 6.07 Å². The molecule has 0 bridgehead atoms. The Morgan fingerprint density at radius 3 is 1.72 bits per heavy atom. The largest absolute Gasteiger partial charge is 0.208 e. The van der Waals surface area contributed by atoms with Gasteiger partial charge in [-0.25, -0.2) is 15.0 Å². The van der Waals surface area contributed by atoms with Gasteiger partial charge in [-0.1, -0.05) is 139 Å². The number of hydrogen-bond donors (Lipinski definition) is 0. The number of thiophene rings is 1. The lowest BCUT2D eigenvalue weighted by Gasteiger charge is -2.10. The first-order chi connectivity index (χ1) is 24.2. The summed E-state index contributed by atoms with van der Waals surface area (Å²) in [6.07, 6.45) is 0. The molecule has 0 aliphatic heterocycles. The topological polar surface area (TPSA) is 38.7 Å². The molecule has 0 fully saturated rings. The number of hydrogen-bond acceptors (Lipinski definition) is 4. The molecule has 8 aromatic rings. The molecule has 0 atom stereocenters. The van der Waals surface area contributed by atoms with Gasteiger partial charge >= 0.3 is 0 Å². The molecule has 0 spiro atoms. The molecule has 0 aliphatic rings. The Morgan fingerprint density at radius 1 is 0.442 bits per heavy atom. The molecule has 4 heteroatoms. The quantitative estimate of drug-likeness (QED) is 0.205. The molecule has 0 saturated heterocycles. The third-order valence-corrected chi connectivity index (χ3v) is 8.39. The molecule has 0 unspecified atom stereocenters. The summed E-state index contributed by atoms with van der Waals surface area (Å²) in [5.74, 6) is 1.39. The highest BCUT2D eigenvalue weighted by Crippen LogP contribution is 2.40. The fourth-order valence-electron chi connectivity index (χ4n) is 5.14. The molecule has 43 heavy (non-hydrogen) atoms. The van der Waals surface area contributed by atoms with Crippen LogP contribution in [0.3, 0.4) is 0 Å². The first kappa shape index (κ1) is 18.9. The Morgan fingerprint density at radius 2 is 0.977 bits per heavy atom. The fraction of sp³-hybridized carbons (Fsp3) is 0. The third kappa shape index (κ3) is 4.78. The van der Waals surface area contributed by atoms with Gasteiger partial charge in [-0.2, -0.15) is 0 Å². The smallest absolute Gasteiger partial charge is 0.164 e. The second-order valence-corrected chi connectivity index (χ2v) is 11.0. The predicted octanol–water partition coefficient (Wildman–Crippen LogP) is 10.6. The summed E-state index contributed by atoms with van der Waals surface area (Å²) in [5, 5.41) is 0.436. The van der Waals surface area contributed by atoms with Gasteiger partial charge < -0.3 is 0 Å². The Balaban J connectivity index is 1.31. The molecule has 202 valence electrons. The van der Waals surface area contributed by atoms with Crippen molar-refractivity contribution in [1.29, 1.82) is 0 Å². The number of aromatic nitrogens is 3. The average molecular weight is 575 g/mol. The minimum absolute atomic E-state index is 0.165. The molecule has 2 heterocycles. The standard InChI is InChI=1S/C39H25N3S/c1-3-11-26(12-4-1)27-21-23-29(24-22-27)38-40-37(28-13-5-2-6-14-28)41-39(42-38)31-16-9-15-30(25-31)32-18-10-19-34-33-17-7-8-20-35(33)43-36(32)34/h1-25H/i7D,8D,10D,17D,18D,19D,20D. The highest BCUT2D eigenvalue weighted by atomic mass is 32.1. The first-order valence-electron chi connectivity index (χ1n) is 17.2. The Kier molecular flexibility index (Phi) is 4.72. The number of nitrogens with zero attached hydrogens (tertiary/aromatic N) is 3. The molecule has 0 N–H and O–H groups in total. The van der Waals surface area contributed by atoms with Crippen molar-refractivity contribution in [3.63, 3.8) is 0 Å². The van der Waals surface area contributed by atoms with Crippen molar-refractivity contribution in [2.75, 3.05) is 0 Å². The van der Waals surface area contributed by atoms with Crippen molar-refractivity contribution in [3.05, 3.63) is 151 Å². The fourth-order valence-corrected chi connectivity index (χ4v) is 6.23. The second-order valence-electron chi connectivity index (χ2n) is 9.96. The van der Waals surface area contributed by atoms with Gasteiger partial charge in [0, 0.05) is 36.9 Å². The van der Waals surface area contributed by atoms with E-state index in [1.807, 2.05) is 91.0 Å². The number of fused-ring (bicyclic) bond motifs is 3. The van der Waals surface area contributed by atoms with Crippen LogP contribution in [0.2, 0.25) is 0 Å². The van der Waals surface area contributed by atoms with E-state index in [4.69, 9.17) is 24.5 Å². The number of rotatable bonds is 5. The van der Waals surface area contributed by atoms with Crippen LogP contribution in [-0.2, 0) is 0 Å². The summed E-state index contributed by atoms with van der Waals surface area (Å²) in [4.78, 5) is 14.6. The maximum Gasteiger partial charge on any atom is 0.164 e. The predicted molar refractivity (Wildman–Crippen MR) is 180 cm³/mol. The molecule has 0 radical (unpaired) electrons. The molecule has 0 saturated carbocycles. The van der Waals surface area contributed by atoms with Crippen LogP contribution in [0, 0.1) is 0 Å². The van der Waals surface area contributed by atoms with Gasteiger partial charge in [0.05, 0.1) is 9.60 Å². The zero-order chi connectivity index (χ0) is 34.7. The van der Waals surface area contributed by atoms with Gasteiger partial charge in [0.15, 0.2) is 17.5 Å². The van der Waals surface area contributed by atoms with Gasteiger partial charge in [0.1, 0.15) is 0 Å². The van der Waals surface area contributed by atoms with E-state index in [0.717, 1.165) is 33.6 Å². The van der Waals surface area contributed by atoms with E-state index in [0.29, 0.717) is 38.9 Å². The van der Waals surface area contributed by atoms with Crippen LogP contribution in [0.4, 0.5) is 0 Å². The van der Waals surface area contributed by atoms with Crippen LogP contribution in [-0.4, -0.2) is 15.0 Å². The molecule has 8 rings (SSSR count). The Labute approximate surface area is 263 Å². The molecular formula is C39H25N3S. The van der Waals surface area contributed by atoms with E-state index < -0.39 is 6.04 Å². The van der Waals surface area contributed by atoms with Gasteiger partial charge in [0.25, 0.3) is 0 Å². The Bertz CT molecular complexity index is 2610. The summed E-state index contributed by atoms with van der Waals surface area (Å²) in [7, 11) is 0. The van der Waals surface area contributed by atoms with E-state index in [2.05, 4.69) is 12.1 Å². The van der Waals surface area contributed by atoms with E-state index in [-0.39, 0.29) is 51.7 Å². The normalized spacial score (nSPS) is 13.5. The minimum atomic E-state index is -0.402. The minimum Gasteiger partial charge on any atom is -0.208 e. The Hall–Kier alpha value is -5.45. The van der Waals surface area contributed by atoms with Gasteiger partial charge in [-0.05, 0) is 34.4 Å². The van der Waals surface area contributed by atoms with Crippen molar-refractivity contribution in [1.82, 2.24) is 15.0 Å². The van der Waals surface area contributed by atoms with Crippen molar-refractivity contribution in [2.24, 2.45) is 0 Å². The van der Waals surface area contributed by atoms with Crippen molar-refractivity contribution in [3.8, 4) is 56.4 Å². The lowest BCUT2D eigenvalue weighted by Crippen LogP contribution is -2.00. The molecule has 6 aromatic carbocycles. The van der Waals surface area contributed by atoms with Crippen LogP contribution >= 0.6 is 11.3 Å². The van der Waals surface area contributed by atoms with Crippen LogP contribution in [0.15, 0.2) is 151 Å². The summed E-state index contributed by atoms with van der Waals surface area (Å²) < 4.78 is 60.7. The van der Waals surface area contributed by atoms with E-state index in [9.17, 15) is 0 Å². The van der Waals surface area contributed by atoms with Crippen LogP contribution in [0.25, 0.3) is 76.6 Å². The molecular weight excluding hydrogens is 543 g/mol. The van der Waals surface area contributed by atoms with E-state index >= 15 is 0 Å². The van der Waals surface area contributed by atoms with Gasteiger partial charge in [-0.15, -0.1) is 11.3 Å². The van der Waals surface area contributed by atoms with Crippen LogP contribution in [0.5, 0.6) is 0 Å². The molecule has 3 nitrogen and oxygen atoms in total. The lowest BCUT2D eigenvalue weighted by molar-refractivity contribution is 1.07. The SMILES string of the molecule is [2H]c1c([2H])c([2H])c2c(sc3c(-c4cccc(-c5nc(-c6ccccc6)nc(-c6ccc(-c7ccccc7)cc6)n5)c4)c([2H])c([2H])c([2H])c32)c1[2H]. The highest BCUT2D eigenvalue weighted by Gasteiger charge is 2.15. The summed E-state index contributed by atoms with van der Waals surface area (Å²) in [6, 6.07) is 33.2. The van der Waals surface area contributed by atoms with Crippen molar-refractivity contribution < 1.29 is 9.60 Å². The summed E-state index contributed by atoms with van der Waals surface area (Å²) >= 11 is 1.11. The van der Waals surface area contributed by atoms with Crippen molar-refractivity contribution in [2.45, 2.75) is 0 Å². The number of benzene rings is 6. The monoisotopic (exact) mass is 574 g/mol. The zero-order valence-corrected chi connectivity index (χ0v) is 23.5. The zero-order valence-electron chi connectivity index (χ0n) is 29.6. The van der Waals surface area contributed by atoms with Crippen LogP contribution in [0.1, 0.15) is 9.60 Å². The van der Waals surface area contributed by atoms with Crippen molar-refractivity contribution >= 4 is 31.5 Å². The maximum atomic E-state index is 8.96. The average Bonchev–Trinajstić information content (AvgIpc) is 3.57. The van der Waals surface area contributed by atoms with E-state index in [1.165, 1.54) is 0 Å². The summed E-state index contributed by atoms with van der Waals surface area (Å²) in [6.45, 7) is 0.